The second-order valence-electron chi connectivity index (χ2n) is 9.44. The number of para-hydroxylation sites is 1. The number of rotatable bonds is 7. The van der Waals surface area contributed by atoms with Crippen LogP contribution in [0.5, 0.6) is 5.75 Å². The fourth-order valence-electron chi connectivity index (χ4n) is 5.07. The Morgan fingerprint density at radius 1 is 1.23 bits per heavy atom. The van der Waals surface area contributed by atoms with Gasteiger partial charge in [0, 0.05) is 39.2 Å². The Kier molecular flexibility index (Phi) is 7.40. The molecule has 8 nitrogen and oxygen atoms in total. The minimum atomic E-state index is -0.300. The van der Waals surface area contributed by atoms with Crippen LogP contribution in [0.3, 0.4) is 0 Å². The molecule has 0 saturated carbocycles. The summed E-state index contributed by atoms with van der Waals surface area (Å²) in [6, 6.07) is 10.7. The van der Waals surface area contributed by atoms with Gasteiger partial charge in [0.05, 0.1) is 29.4 Å². The molecule has 1 aromatic heterocycles. The third kappa shape index (κ3) is 5.17. The van der Waals surface area contributed by atoms with Crippen LogP contribution < -0.4 is 10.1 Å². The third-order valence-electron chi connectivity index (χ3n) is 6.83. The van der Waals surface area contributed by atoms with Gasteiger partial charge in [0.25, 0.3) is 11.8 Å². The lowest BCUT2D eigenvalue weighted by molar-refractivity contribution is 0.0740. The number of piperidine rings is 1. The van der Waals surface area contributed by atoms with Gasteiger partial charge in [0.2, 0.25) is 0 Å². The molecule has 1 aliphatic heterocycles. The lowest BCUT2D eigenvalue weighted by Crippen LogP contribution is -2.40. The minimum Gasteiger partial charge on any atom is -0.496 e. The molecule has 1 N–H and O–H groups in total. The predicted molar refractivity (Wildman–Crippen MR) is 138 cm³/mol. The van der Waals surface area contributed by atoms with Gasteiger partial charge in [-0.05, 0) is 56.6 Å². The maximum Gasteiger partial charge on any atom is 0.259 e. The van der Waals surface area contributed by atoms with Crippen molar-refractivity contribution in [3.05, 3.63) is 53.3 Å². The highest BCUT2D eigenvalue weighted by Gasteiger charge is 2.24. The van der Waals surface area contributed by atoms with E-state index in [2.05, 4.69) is 17.3 Å². The van der Waals surface area contributed by atoms with Crippen LogP contribution in [-0.4, -0.2) is 72.0 Å². The number of hydrogen-bond acceptors (Lipinski definition) is 5. The molecule has 1 unspecified atom stereocenters. The van der Waals surface area contributed by atoms with Crippen LogP contribution >= 0.6 is 0 Å². The number of carbonyl (C=O) groups excluding carboxylic acids is 2. The second kappa shape index (κ2) is 10.5. The fourth-order valence-corrected chi connectivity index (χ4v) is 5.07. The Bertz CT molecular complexity index is 1240. The summed E-state index contributed by atoms with van der Waals surface area (Å²) in [5.41, 5.74) is 2.98. The van der Waals surface area contributed by atoms with Gasteiger partial charge in [-0.2, -0.15) is 0 Å². The molecule has 0 bridgehead atoms. The van der Waals surface area contributed by atoms with Gasteiger partial charge in [-0.15, -0.1) is 0 Å². The first-order valence-corrected chi connectivity index (χ1v) is 12.2. The van der Waals surface area contributed by atoms with Crippen molar-refractivity contribution >= 4 is 28.5 Å². The molecule has 2 heterocycles. The molecule has 0 aliphatic carbocycles. The summed E-state index contributed by atoms with van der Waals surface area (Å²) in [7, 11) is 7.45. The molecule has 35 heavy (non-hydrogen) atoms. The van der Waals surface area contributed by atoms with E-state index in [1.165, 1.54) is 7.11 Å². The summed E-state index contributed by atoms with van der Waals surface area (Å²) >= 11 is 0. The fraction of sp³-hybridized carbons (Fsp3) is 0.444. The Labute approximate surface area is 206 Å². The van der Waals surface area contributed by atoms with E-state index < -0.39 is 0 Å². The number of anilines is 1. The van der Waals surface area contributed by atoms with Crippen molar-refractivity contribution in [3.63, 3.8) is 0 Å². The van der Waals surface area contributed by atoms with Crippen LogP contribution in [0.2, 0.25) is 0 Å². The van der Waals surface area contributed by atoms with E-state index in [9.17, 15) is 9.59 Å². The Hall–Kier alpha value is -3.39. The molecule has 186 valence electrons. The van der Waals surface area contributed by atoms with Crippen molar-refractivity contribution in [2.75, 3.05) is 46.2 Å². The van der Waals surface area contributed by atoms with E-state index in [1.54, 1.807) is 29.2 Å². The number of benzene rings is 2. The molecular formula is C27H35N5O3. The number of likely N-dealkylation sites (tertiary alicyclic amines) is 1. The first kappa shape index (κ1) is 24.7. The minimum absolute atomic E-state index is 0.0726. The Morgan fingerprint density at radius 3 is 2.71 bits per heavy atom. The summed E-state index contributed by atoms with van der Waals surface area (Å²) in [5, 5.41) is 3.02. The Balaban J connectivity index is 1.67. The molecule has 1 atom stereocenters. The zero-order chi connectivity index (χ0) is 25.1. The van der Waals surface area contributed by atoms with Crippen LogP contribution in [-0.2, 0) is 13.5 Å². The average Bonchev–Trinajstić information content (AvgIpc) is 3.19. The number of ether oxygens (including phenoxy) is 1. The summed E-state index contributed by atoms with van der Waals surface area (Å²) in [5.74, 6) is 1.46. The molecule has 2 amide bonds. The van der Waals surface area contributed by atoms with Crippen molar-refractivity contribution < 1.29 is 14.3 Å². The maximum absolute atomic E-state index is 13.5. The first-order valence-electron chi connectivity index (χ1n) is 12.2. The summed E-state index contributed by atoms with van der Waals surface area (Å²) < 4.78 is 7.34. The lowest BCUT2D eigenvalue weighted by Gasteiger charge is -2.32. The predicted octanol–water partition coefficient (Wildman–Crippen LogP) is 3.81. The van der Waals surface area contributed by atoms with E-state index in [-0.39, 0.29) is 11.8 Å². The molecule has 0 radical (unpaired) electrons. The molecular weight excluding hydrogens is 442 g/mol. The smallest absolute Gasteiger partial charge is 0.259 e. The number of hydrogen-bond donors (Lipinski definition) is 1. The topological polar surface area (TPSA) is 79.7 Å². The number of aryl methyl sites for hydroxylation is 2. The van der Waals surface area contributed by atoms with Crippen molar-refractivity contribution in [2.45, 2.75) is 26.2 Å². The van der Waals surface area contributed by atoms with Gasteiger partial charge >= 0.3 is 0 Å². The number of carbonyl (C=O) groups is 2. The van der Waals surface area contributed by atoms with Crippen LogP contribution in [0.1, 0.15) is 46.3 Å². The van der Waals surface area contributed by atoms with Crippen LogP contribution in [0.4, 0.5) is 5.69 Å². The molecule has 1 saturated heterocycles. The highest BCUT2D eigenvalue weighted by atomic mass is 16.5. The second-order valence-corrected chi connectivity index (χ2v) is 9.44. The third-order valence-corrected chi connectivity index (χ3v) is 6.83. The van der Waals surface area contributed by atoms with Crippen molar-refractivity contribution in [2.24, 2.45) is 13.0 Å². The van der Waals surface area contributed by atoms with Crippen molar-refractivity contribution in [1.82, 2.24) is 19.4 Å². The van der Waals surface area contributed by atoms with Crippen molar-refractivity contribution in [1.29, 1.82) is 0 Å². The van der Waals surface area contributed by atoms with Crippen LogP contribution in [0.25, 0.3) is 11.0 Å². The molecule has 4 rings (SSSR count). The van der Waals surface area contributed by atoms with Gasteiger partial charge < -0.3 is 24.4 Å². The monoisotopic (exact) mass is 477 g/mol. The highest BCUT2D eigenvalue weighted by Crippen LogP contribution is 2.29. The number of amides is 2. The van der Waals surface area contributed by atoms with Gasteiger partial charge in [-0.25, -0.2) is 4.98 Å². The molecule has 3 aromatic rings. The standard InChI is InChI=1S/C27H35N5O3/c1-6-24-28-21-14-19(27(34)31(3)17-18-10-9-13-30(2)16-18)15-22(25(21)32(24)4)29-26(33)20-11-7-8-12-23(20)35-5/h7-8,11-12,14-15,18H,6,9-10,13,16-17H2,1-5H3,(H,29,33). The van der Waals surface area contributed by atoms with Gasteiger partial charge in [-0.1, -0.05) is 19.1 Å². The summed E-state index contributed by atoms with van der Waals surface area (Å²) in [6.07, 6.45) is 3.02. The maximum atomic E-state index is 13.5. The highest BCUT2D eigenvalue weighted by molar-refractivity contribution is 6.11. The number of aromatic nitrogens is 2. The van der Waals surface area contributed by atoms with Crippen LogP contribution in [0, 0.1) is 5.92 Å². The first-order chi connectivity index (χ1) is 16.8. The zero-order valence-electron chi connectivity index (χ0n) is 21.3. The van der Waals surface area contributed by atoms with Gasteiger partial charge in [0.1, 0.15) is 11.6 Å². The molecule has 1 aliphatic rings. The number of imidazole rings is 1. The molecule has 1 fully saturated rings. The number of fused-ring (bicyclic) bond motifs is 1. The van der Waals surface area contributed by atoms with E-state index in [4.69, 9.17) is 9.72 Å². The summed E-state index contributed by atoms with van der Waals surface area (Å²) in [4.78, 5) is 35.5. The quantitative estimate of drug-likeness (QED) is 0.560. The largest absolute Gasteiger partial charge is 0.496 e. The summed E-state index contributed by atoms with van der Waals surface area (Å²) in [6.45, 7) is 4.85. The van der Waals surface area contributed by atoms with Crippen LogP contribution in [0.15, 0.2) is 36.4 Å². The lowest BCUT2D eigenvalue weighted by atomic mass is 9.97. The van der Waals surface area contributed by atoms with E-state index >= 15 is 0 Å². The van der Waals surface area contributed by atoms with Crippen molar-refractivity contribution in [3.8, 4) is 5.75 Å². The number of nitrogens with zero attached hydrogens (tertiary/aromatic N) is 4. The zero-order valence-corrected chi connectivity index (χ0v) is 21.3. The van der Waals surface area contributed by atoms with E-state index in [0.717, 1.165) is 43.7 Å². The normalized spacial score (nSPS) is 16.3. The average molecular weight is 478 g/mol. The molecule has 2 aromatic carbocycles. The van der Waals surface area contributed by atoms with E-state index in [0.29, 0.717) is 40.5 Å². The molecule has 0 spiro atoms. The van der Waals surface area contributed by atoms with Gasteiger partial charge in [-0.3, -0.25) is 9.59 Å². The van der Waals surface area contributed by atoms with Gasteiger partial charge in [0.15, 0.2) is 0 Å². The number of nitrogens with one attached hydrogen (secondary N) is 1. The Morgan fingerprint density at radius 2 is 2.00 bits per heavy atom. The SMILES string of the molecule is CCc1nc2cc(C(=O)N(C)CC3CCCN(C)C3)cc(NC(=O)c3ccccc3OC)c2n1C. The molecule has 8 heteroatoms. The number of methoxy groups -OCH3 is 1. The van der Waals surface area contributed by atoms with E-state index in [1.807, 2.05) is 37.7 Å².